The Hall–Kier alpha value is -1.87. The predicted molar refractivity (Wildman–Crippen MR) is 69.2 cm³/mol. The first kappa shape index (κ1) is 16.5. The van der Waals surface area contributed by atoms with Crippen molar-refractivity contribution in [3.8, 4) is 0 Å². The van der Waals surface area contributed by atoms with Gasteiger partial charge in [0.05, 0.1) is 13.2 Å². The van der Waals surface area contributed by atoms with Crippen molar-refractivity contribution < 1.29 is 33.3 Å². The summed E-state index contributed by atoms with van der Waals surface area (Å²) in [5, 5.41) is 3.61. The molecule has 0 radical (unpaired) electrons. The number of methoxy groups -OCH3 is 1. The van der Waals surface area contributed by atoms with Gasteiger partial charge in [-0.15, -0.1) is 0 Å². The quantitative estimate of drug-likeness (QED) is 0.322. The van der Waals surface area contributed by atoms with E-state index in [9.17, 15) is 9.59 Å². The van der Waals surface area contributed by atoms with Gasteiger partial charge < -0.3 is 23.7 Å². The topological polar surface area (TPSA) is 129 Å². The highest BCUT2D eigenvalue weighted by atomic mass is 16.8. The Morgan fingerprint density at radius 2 is 2.05 bits per heavy atom. The summed E-state index contributed by atoms with van der Waals surface area (Å²) in [7, 11) is 1.15. The van der Waals surface area contributed by atoms with E-state index in [4.69, 9.17) is 24.5 Å². The molecule has 0 aromatic heterocycles. The van der Waals surface area contributed by atoms with E-state index < -0.39 is 48.4 Å². The maximum absolute atomic E-state index is 11.8. The van der Waals surface area contributed by atoms with Crippen LogP contribution in [0.15, 0.2) is 5.11 Å². The second-order valence-electron chi connectivity index (χ2n) is 5.32. The molecule has 2 rings (SSSR count). The van der Waals surface area contributed by atoms with Crippen LogP contribution in [-0.4, -0.2) is 55.5 Å². The van der Waals surface area contributed by atoms with Crippen LogP contribution < -0.4 is 0 Å². The first-order chi connectivity index (χ1) is 10.3. The fourth-order valence-electron chi connectivity index (χ4n) is 2.50. The zero-order chi connectivity index (χ0) is 16.5. The molecule has 0 amide bonds. The SMILES string of the molecule is COC(=O)[C@@H](OC(C)=O)[C@H]1O[C@@H]2OC(C)(C)O[C@@H]2[C@@H]1N=[N+]=[N-]. The molecule has 0 aromatic rings. The first-order valence-corrected chi connectivity index (χ1v) is 6.59. The maximum atomic E-state index is 11.8. The van der Waals surface area contributed by atoms with E-state index in [1.807, 2.05) is 0 Å². The summed E-state index contributed by atoms with van der Waals surface area (Å²) in [5.74, 6) is -2.43. The molecule has 2 saturated heterocycles. The molecule has 0 bridgehead atoms. The van der Waals surface area contributed by atoms with Crippen LogP contribution in [0, 0.1) is 0 Å². The van der Waals surface area contributed by atoms with Gasteiger partial charge >= 0.3 is 11.9 Å². The molecule has 2 aliphatic rings. The van der Waals surface area contributed by atoms with E-state index in [2.05, 4.69) is 14.8 Å². The molecule has 5 atom stereocenters. The van der Waals surface area contributed by atoms with Gasteiger partial charge in [-0.3, -0.25) is 4.79 Å². The highest BCUT2D eigenvalue weighted by molar-refractivity contribution is 5.79. The Balaban J connectivity index is 2.27. The highest BCUT2D eigenvalue weighted by Crippen LogP contribution is 2.40. The summed E-state index contributed by atoms with van der Waals surface area (Å²) in [4.78, 5) is 25.8. The molecular weight excluding hydrogens is 298 g/mol. The van der Waals surface area contributed by atoms with Crippen molar-refractivity contribution in [1.82, 2.24) is 0 Å². The van der Waals surface area contributed by atoms with Gasteiger partial charge in [0.1, 0.15) is 12.2 Å². The first-order valence-electron chi connectivity index (χ1n) is 6.59. The van der Waals surface area contributed by atoms with Crippen molar-refractivity contribution in [1.29, 1.82) is 0 Å². The van der Waals surface area contributed by atoms with Crippen molar-refractivity contribution in [2.24, 2.45) is 5.11 Å². The highest BCUT2D eigenvalue weighted by Gasteiger charge is 2.58. The molecule has 0 aromatic carbocycles. The Morgan fingerprint density at radius 1 is 1.36 bits per heavy atom. The van der Waals surface area contributed by atoms with Gasteiger partial charge in [0.25, 0.3) is 0 Å². The molecule has 0 aliphatic carbocycles. The van der Waals surface area contributed by atoms with Gasteiger partial charge in [0, 0.05) is 11.8 Å². The molecule has 2 heterocycles. The van der Waals surface area contributed by atoms with E-state index in [0.29, 0.717) is 0 Å². The molecule has 0 spiro atoms. The normalized spacial score (nSPS) is 33.5. The molecule has 0 N–H and O–H groups in total. The average molecular weight is 315 g/mol. The Bertz CT molecular complexity index is 517. The number of hydrogen-bond donors (Lipinski definition) is 0. The minimum absolute atomic E-state index is 0.696. The molecular formula is C12H17N3O7. The third kappa shape index (κ3) is 3.14. The van der Waals surface area contributed by atoms with Crippen LogP contribution in [0.4, 0.5) is 0 Å². The molecule has 0 unspecified atom stereocenters. The van der Waals surface area contributed by atoms with Gasteiger partial charge in [-0.1, -0.05) is 5.11 Å². The fraction of sp³-hybridized carbons (Fsp3) is 0.833. The number of rotatable bonds is 4. The summed E-state index contributed by atoms with van der Waals surface area (Å²) in [6.45, 7) is 4.51. The summed E-state index contributed by atoms with van der Waals surface area (Å²) in [6, 6.07) is -0.903. The van der Waals surface area contributed by atoms with Crippen molar-refractivity contribution in [2.75, 3.05) is 7.11 Å². The van der Waals surface area contributed by atoms with Crippen molar-refractivity contribution in [3.05, 3.63) is 10.4 Å². The molecule has 22 heavy (non-hydrogen) atoms. The lowest BCUT2D eigenvalue weighted by atomic mass is 10.0. The lowest BCUT2D eigenvalue weighted by Gasteiger charge is -2.27. The number of ether oxygens (including phenoxy) is 5. The van der Waals surface area contributed by atoms with Gasteiger partial charge in [-0.25, -0.2) is 4.79 Å². The fourth-order valence-corrected chi connectivity index (χ4v) is 2.50. The van der Waals surface area contributed by atoms with Gasteiger partial charge in [0.15, 0.2) is 12.1 Å². The Kier molecular flexibility index (Phi) is 4.57. The third-order valence-corrected chi connectivity index (χ3v) is 3.26. The number of carbonyl (C=O) groups is 2. The van der Waals surface area contributed by atoms with E-state index in [1.54, 1.807) is 13.8 Å². The number of carbonyl (C=O) groups excluding carboxylic acids is 2. The lowest BCUT2D eigenvalue weighted by Crippen LogP contribution is -2.46. The van der Waals surface area contributed by atoms with Crippen LogP contribution in [0.3, 0.4) is 0 Å². The van der Waals surface area contributed by atoms with Gasteiger partial charge in [0.2, 0.25) is 6.10 Å². The summed E-state index contributed by atoms with van der Waals surface area (Å²) >= 11 is 0. The second kappa shape index (κ2) is 6.09. The molecule has 10 heteroatoms. The lowest BCUT2D eigenvalue weighted by molar-refractivity contribution is -0.221. The zero-order valence-electron chi connectivity index (χ0n) is 12.6. The van der Waals surface area contributed by atoms with E-state index in [-0.39, 0.29) is 0 Å². The summed E-state index contributed by atoms with van der Waals surface area (Å²) in [6.07, 6.45) is -3.98. The number of nitrogens with zero attached hydrogens (tertiary/aromatic N) is 3. The predicted octanol–water partition coefficient (Wildman–Crippen LogP) is 0.646. The monoisotopic (exact) mass is 315 g/mol. The van der Waals surface area contributed by atoms with Crippen molar-refractivity contribution in [2.45, 2.75) is 57.2 Å². The number of azide groups is 1. The van der Waals surface area contributed by atoms with E-state index >= 15 is 0 Å². The van der Waals surface area contributed by atoms with Crippen LogP contribution in [0.2, 0.25) is 0 Å². The maximum Gasteiger partial charge on any atom is 0.349 e. The molecule has 0 saturated carbocycles. The molecule has 122 valence electrons. The zero-order valence-corrected chi connectivity index (χ0v) is 12.6. The Morgan fingerprint density at radius 3 is 2.59 bits per heavy atom. The largest absolute Gasteiger partial charge is 0.466 e. The van der Waals surface area contributed by atoms with Crippen LogP contribution >= 0.6 is 0 Å². The molecule has 2 fully saturated rings. The van der Waals surface area contributed by atoms with Gasteiger partial charge in [-0.2, -0.15) is 0 Å². The number of fused-ring (bicyclic) bond motifs is 1. The second-order valence-corrected chi connectivity index (χ2v) is 5.32. The molecule has 10 nitrogen and oxygen atoms in total. The van der Waals surface area contributed by atoms with Gasteiger partial charge in [-0.05, 0) is 19.4 Å². The Labute approximate surface area is 126 Å². The minimum atomic E-state index is -1.38. The van der Waals surface area contributed by atoms with E-state index in [1.165, 1.54) is 0 Å². The smallest absolute Gasteiger partial charge is 0.349 e. The standard InChI is InChI=1S/C12H17N3O7/c1-5(16)19-9(10(17)18-4)7-6(14-15-13)8-11(20-7)22-12(2,3)21-8/h6-9,11H,1-4H3/t6-,7+,8-,9+,11-/m1/s1. The summed E-state index contributed by atoms with van der Waals surface area (Å²) < 4.78 is 26.3. The average Bonchev–Trinajstić information content (AvgIpc) is 2.89. The van der Waals surface area contributed by atoms with Crippen LogP contribution in [-0.2, 0) is 33.3 Å². The number of hydrogen-bond acceptors (Lipinski definition) is 8. The minimum Gasteiger partial charge on any atom is -0.466 e. The van der Waals surface area contributed by atoms with Crippen LogP contribution in [0.1, 0.15) is 20.8 Å². The van der Waals surface area contributed by atoms with Crippen LogP contribution in [0.5, 0.6) is 0 Å². The number of esters is 2. The summed E-state index contributed by atoms with van der Waals surface area (Å²) in [5.41, 5.74) is 8.74. The van der Waals surface area contributed by atoms with Crippen molar-refractivity contribution in [3.63, 3.8) is 0 Å². The van der Waals surface area contributed by atoms with Crippen LogP contribution in [0.25, 0.3) is 10.4 Å². The molecule has 2 aliphatic heterocycles. The third-order valence-electron chi connectivity index (χ3n) is 3.26. The van der Waals surface area contributed by atoms with Crippen molar-refractivity contribution >= 4 is 11.9 Å². The van der Waals surface area contributed by atoms with E-state index in [0.717, 1.165) is 14.0 Å².